The van der Waals surface area contributed by atoms with Crippen LogP contribution in [0.5, 0.6) is 5.75 Å². The molecule has 1 aromatic heterocycles. The van der Waals surface area contributed by atoms with Crippen LogP contribution in [0.2, 0.25) is 5.02 Å². The maximum Gasteiger partial charge on any atom is 0.573 e. The summed E-state index contributed by atoms with van der Waals surface area (Å²) >= 11 is 6.08. The number of nitrogens with zero attached hydrogens (tertiary/aromatic N) is 2. The number of aromatic nitrogens is 1. The van der Waals surface area contributed by atoms with Gasteiger partial charge in [0.05, 0.1) is 23.5 Å². The van der Waals surface area contributed by atoms with E-state index in [1.165, 1.54) is 26.0 Å². The van der Waals surface area contributed by atoms with Crippen LogP contribution in [-0.2, 0) is 4.79 Å². The third-order valence-corrected chi connectivity index (χ3v) is 7.45. The van der Waals surface area contributed by atoms with E-state index in [0.717, 1.165) is 31.5 Å². The fraction of sp³-hybridized carbons (Fsp3) is 0.333. The van der Waals surface area contributed by atoms with Crippen LogP contribution in [0.3, 0.4) is 0 Å². The summed E-state index contributed by atoms with van der Waals surface area (Å²) in [6.45, 7) is 4.63. The highest BCUT2D eigenvalue weighted by atomic mass is 35.5. The second-order valence-electron chi connectivity index (χ2n) is 9.91. The molecule has 1 saturated heterocycles. The molecule has 0 spiro atoms. The highest BCUT2D eigenvalue weighted by molar-refractivity contribution is 6.31. The zero-order chi connectivity index (χ0) is 31.5. The van der Waals surface area contributed by atoms with E-state index in [0.29, 0.717) is 22.4 Å². The average molecular weight is 627 g/mol. The van der Waals surface area contributed by atoms with Gasteiger partial charge >= 0.3 is 18.5 Å². The largest absolute Gasteiger partial charge is 0.573 e. The second kappa shape index (κ2) is 12.7. The number of carbonyl (C=O) groups is 1. The van der Waals surface area contributed by atoms with Crippen molar-refractivity contribution in [2.75, 3.05) is 19.6 Å². The maximum atomic E-state index is 12.9. The van der Waals surface area contributed by atoms with Crippen LogP contribution in [0.1, 0.15) is 41.3 Å². The van der Waals surface area contributed by atoms with E-state index in [-0.39, 0.29) is 33.6 Å². The van der Waals surface area contributed by atoms with Gasteiger partial charge in [-0.05, 0) is 81.1 Å². The molecule has 43 heavy (non-hydrogen) atoms. The highest BCUT2D eigenvalue weighted by Crippen LogP contribution is 2.31. The Morgan fingerprint density at radius 2 is 1.56 bits per heavy atom. The average Bonchev–Trinajstić information content (AvgIpc) is 2.94. The predicted molar refractivity (Wildman–Crippen MR) is 147 cm³/mol. The van der Waals surface area contributed by atoms with E-state index >= 15 is 0 Å². The van der Waals surface area contributed by atoms with E-state index < -0.39 is 23.9 Å². The number of alkyl halides is 6. The van der Waals surface area contributed by atoms with Gasteiger partial charge in [0.15, 0.2) is 0 Å². The fourth-order valence-corrected chi connectivity index (χ4v) is 5.00. The Bertz CT molecular complexity index is 1600. The number of carbonyl (C=O) groups excluding carboxylic acids is 1. The van der Waals surface area contributed by atoms with Gasteiger partial charge in [0.2, 0.25) is 5.43 Å². The lowest BCUT2D eigenvalue weighted by Crippen LogP contribution is -2.36. The molecule has 6 nitrogen and oxygen atoms in total. The number of hydrogen-bond donors (Lipinski definition) is 0. The first-order valence-corrected chi connectivity index (χ1v) is 13.4. The highest BCUT2D eigenvalue weighted by Gasteiger charge is 2.42. The van der Waals surface area contributed by atoms with Crippen LogP contribution >= 0.6 is 11.6 Å². The quantitative estimate of drug-likeness (QED) is 0.241. The second-order valence-corrected chi connectivity index (χ2v) is 10.3. The lowest BCUT2D eigenvalue weighted by molar-refractivity contribution is -0.274. The van der Waals surface area contributed by atoms with Crippen molar-refractivity contribution in [1.82, 2.24) is 9.63 Å². The first-order valence-electron chi connectivity index (χ1n) is 13.0. The molecule has 228 valence electrons. The van der Waals surface area contributed by atoms with Gasteiger partial charge in [0, 0.05) is 5.56 Å². The van der Waals surface area contributed by atoms with Gasteiger partial charge in [0.25, 0.3) is 0 Å². The number of rotatable bonds is 5. The number of pyridine rings is 1. The molecule has 0 bridgehead atoms. The summed E-state index contributed by atoms with van der Waals surface area (Å²) in [4.78, 5) is 30.9. The first-order chi connectivity index (χ1) is 20.1. The third kappa shape index (κ3) is 7.91. The maximum absolute atomic E-state index is 12.9. The molecule has 2 heterocycles. The van der Waals surface area contributed by atoms with Gasteiger partial charge in [-0.3, -0.25) is 9.69 Å². The summed E-state index contributed by atoms with van der Waals surface area (Å²) in [6.07, 6.45) is -8.32. The molecule has 0 atom stereocenters. The van der Waals surface area contributed by atoms with Crippen LogP contribution in [-0.4, -0.2) is 47.8 Å². The number of benzene rings is 2. The SMILES string of the molecule is Cc1c(Cl)c(=O)c(-c2ccc(C#CCN3CCC(c4ccc(OC(F)(F)F)cc4)CC3)cc2)c(C)n1OC(=O)C(F)(F)F. The minimum Gasteiger partial charge on any atom is -0.406 e. The van der Waals surface area contributed by atoms with E-state index in [9.17, 15) is 35.9 Å². The molecule has 0 amide bonds. The fourth-order valence-electron chi connectivity index (χ4n) is 4.83. The topological polar surface area (TPSA) is 60.8 Å². The Morgan fingerprint density at radius 1 is 0.953 bits per heavy atom. The van der Waals surface area contributed by atoms with Crippen molar-refractivity contribution in [1.29, 1.82) is 0 Å². The van der Waals surface area contributed by atoms with Crippen molar-refractivity contribution in [3.8, 4) is 28.7 Å². The Balaban J connectivity index is 1.38. The van der Waals surface area contributed by atoms with Gasteiger partial charge in [-0.2, -0.15) is 17.9 Å². The Hall–Kier alpha value is -3.95. The van der Waals surface area contributed by atoms with Crippen molar-refractivity contribution in [2.45, 2.75) is 45.1 Å². The molecule has 1 aliphatic rings. The van der Waals surface area contributed by atoms with Crippen LogP contribution in [0.15, 0.2) is 53.3 Å². The van der Waals surface area contributed by atoms with Gasteiger partial charge in [-0.25, -0.2) is 4.79 Å². The summed E-state index contributed by atoms with van der Waals surface area (Å²) in [6, 6.07) is 12.4. The Morgan fingerprint density at radius 3 is 2.12 bits per heavy atom. The summed E-state index contributed by atoms with van der Waals surface area (Å²) in [7, 11) is 0. The van der Waals surface area contributed by atoms with Crippen molar-refractivity contribution in [2.24, 2.45) is 0 Å². The number of ether oxygens (including phenoxy) is 1. The molecular formula is C30H25ClF6N2O4. The van der Waals surface area contributed by atoms with Gasteiger partial charge < -0.3 is 9.57 Å². The molecular weight excluding hydrogens is 602 g/mol. The molecule has 0 N–H and O–H groups in total. The van der Waals surface area contributed by atoms with Crippen LogP contribution in [0.4, 0.5) is 26.3 Å². The normalized spacial score (nSPS) is 14.6. The summed E-state index contributed by atoms with van der Waals surface area (Å²) < 4.78 is 80.0. The molecule has 0 unspecified atom stereocenters. The lowest BCUT2D eigenvalue weighted by Gasteiger charge is -2.30. The smallest absolute Gasteiger partial charge is 0.406 e. The van der Waals surface area contributed by atoms with E-state index in [1.807, 2.05) is 0 Å². The minimum atomic E-state index is -5.24. The minimum absolute atomic E-state index is 0.0181. The van der Waals surface area contributed by atoms with Gasteiger partial charge in [-0.1, -0.05) is 47.7 Å². The molecule has 2 aromatic carbocycles. The molecule has 1 fully saturated rings. The van der Waals surface area contributed by atoms with E-state index in [4.69, 9.17) is 11.6 Å². The van der Waals surface area contributed by atoms with Crippen molar-refractivity contribution in [3.63, 3.8) is 0 Å². The van der Waals surface area contributed by atoms with Crippen molar-refractivity contribution < 1.29 is 40.7 Å². The number of piperidine rings is 1. The predicted octanol–water partition coefficient (Wildman–Crippen LogP) is 6.43. The molecule has 0 radical (unpaired) electrons. The van der Waals surface area contributed by atoms with Crippen LogP contribution in [0, 0.1) is 25.7 Å². The van der Waals surface area contributed by atoms with Gasteiger partial charge in [0.1, 0.15) is 10.8 Å². The molecule has 1 aliphatic heterocycles. The zero-order valence-electron chi connectivity index (χ0n) is 22.9. The molecule has 4 rings (SSSR count). The molecule has 0 saturated carbocycles. The number of hydrogen-bond acceptors (Lipinski definition) is 5. The van der Waals surface area contributed by atoms with E-state index in [1.54, 1.807) is 36.4 Å². The Labute approximate surface area is 247 Å². The van der Waals surface area contributed by atoms with E-state index in [2.05, 4.69) is 26.3 Å². The monoisotopic (exact) mass is 626 g/mol. The Kier molecular flexibility index (Phi) is 9.47. The van der Waals surface area contributed by atoms with Crippen molar-refractivity contribution in [3.05, 3.63) is 86.3 Å². The van der Waals surface area contributed by atoms with Crippen LogP contribution in [0.25, 0.3) is 11.1 Å². The summed E-state index contributed by atoms with van der Waals surface area (Å²) in [5.41, 5.74) is 1.13. The third-order valence-electron chi connectivity index (χ3n) is 7.00. The standard InChI is InChI=1S/C30H25ClF6N2O4/c1-18-25(27(40)26(31)19(2)39(18)43-28(41)29(32,33)34)23-7-5-20(6-8-23)4-3-15-38-16-13-22(14-17-38)21-9-11-24(12-10-21)42-30(35,36)37/h5-12,22H,13-17H2,1-2H3. The van der Waals surface area contributed by atoms with Gasteiger partial charge in [-0.15, -0.1) is 13.2 Å². The summed E-state index contributed by atoms with van der Waals surface area (Å²) in [5.74, 6) is 3.66. The molecule has 13 heteroatoms. The number of halogens is 7. The molecule has 3 aromatic rings. The zero-order valence-corrected chi connectivity index (χ0v) is 23.7. The summed E-state index contributed by atoms with van der Waals surface area (Å²) in [5, 5.41) is -0.379. The lowest BCUT2D eigenvalue weighted by atomic mass is 9.89. The van der Waals surface area contributed by atoms with Crippen molar-refractivity contribution >= 4 is 17.6 Å². The number of likely N-dealkylation sites (tertiary alicyclic amines) is 1. The van der Waals surface area contributed by atoms with Crippen LogP contribution < -0.4 is 15.0 Å². The molecule has 0 aliphatic carbocycles. The first kappa shape index (κ1) is 32.0.